The Kier molecular flexibility index (Phi) is 6.84. The molecule has 218 valence electrons. The number of nitrogens with one attached hydrogen (secondary N) is 3. The predicted molar refractivity (Wildman–Crippen MR) is 169 cm³/mol. The monoisotopic (exact) mass is 574 g/mol. The third-order valence-corrected chi connectivity index (χ3v) is 7.48. The van der Waals surface area contributed by atoms with Gasteiger partial charge in [0.2, 0.25) is 11.9 Å². The smallest absolute Gasteiger partial charge is 0.259 e. The second-order valence-corrected chi connectivity index (χ2v) is 11.9. The Balaban J connectivity index is 1.32. The number of anilines is 3. The van der Waals surface area contributed by atoms with E-state index in [0.717, 1.165) is 50.2 Å². The Labute approximate surface area is 249 Å². The van der Waals surface area contributed by atoms with Crippen molar-refractivity contribution in [1.29, 1.82) is 0 Å². The van der Waals surface area contributed by atoms with Crippen molar-refractivity contribution in [3.8, 4) is 11.3 Å². The van der Waals surface area contributed by atoms with Crippen LogP contribution in [0.5, 0.6) is 0 Å². The van der Waals surface area contributed by atoms with Crippen LogP contribution in [0.25, 0.3) is 28.2 Å². The maximum Gasteiger partial charge on any atom is 0.259 e. The first-order valence-corrected chi connectivity index (χ1v) is 14.1. The molecule has 0 saturated carbocycles. The normalized spacial score (nSPS) is 13.3. The quantitative estimate of drug-likeness (QED) is 0.220. The first-order chi connectivity index (χ1) is 20.5. The summed E-state index contributed by atoms with van der Waals surface area (Å²) < 4.78 is 1.79. The van der Waals surface area contributed by atoms with E-state index in [2.05, 4.69) is 25.7 Å². The molecule has 2 aromatic carbocycles. The number of carbonyl (C=O) groups is 2. The standard InChI is InChI=1S/C33H34N8O2/c1-19-16-35-32(36-27-15-20(2)40(6)39-27)37-29(19)24-17-34-30-22(24)10-8-12-26(30)41-18-25-21(9-7-11-23(25)31(41)43)13-14-28(42)38-33(3,4)5/h7-17,34H,18H2,1-6H3,(H,38,42)(H,35,36,37,39)/b14-13+. The highest BCUT2D eigenvalue weighted by Crippen LogP contribution is 2.38. The van der Waals surface area contributed by atoms with E-state index in [9.17, 15) is 9.59 Å². The van der Waals surface area contributed by atoms with Gasteiger partial charge in [-0.15, -0.1) is 0 Å². The molecule has 43 heavy (non-hydrogen) atoms. The number of carbonyl (C=O) groups excluding carboxylic acids is 2. The largest absolute Gasteiger partial charge is 0.359 e. The van der Waals surface area contributed by atoms with Gasteiger partial charge in [0.1, 0.15) is 0 Å². The summed E-state index contributed by atoms with van der Waals surface area (Å²) in [5, 5.41) is 11.5. The molecular formula is C33H34N8O2. The van der Waals surface area contributed by atoms with E-state index in [1.165, 1.54) is 6.08 Å². The minimum Gasteiger partial charge on any atom is -0.359 e. The fourth-order valence-corrected chi connectivity index (χ4v) is 5.35. The third-order valence-electron chi connectivity index (χ3n) is 7.48. The zero-order valence-electron chi connectivity index (χ0n) is 25.1. The highest BCUT2D eigenvalue weighted by molar-refractivity contribution is 6.15. The second-order valence-electron chi connectivity index (χ2n) is 11.9. The molecule has 0 radical (unpaired) electrons. The van der Waals surface area contributed by atoms with Crippen molar-refractivity contribution in [3.63, 3.8) is 0 Å². The van der Waals surface area contributed by atoms with E-state index in [-0.39, 0.29) is 17.4 Å². The Hall–Kier alpha value is -5.25. The van der Waals surface area contributed by atoms with Crippen molar-refractivity contribution in [2.45, 2.75) is 46.7 Å². The molecule has 6 rings (SSSR count). The Morgan fingerprint density at radius 1 is 1.09 bits per heavy atom. The SMILES string of the molecule is Cc1cnc(Nc2cc(C)n(C)n2)nc1-c1c[nH]c2c(N3Cc4c(/C=C/C(=O)NC(C)(C)C)cccc4C3=O)cccc12. The number of hydrogen-bond acceptors (Lipinski definition) is 6. The first-order valence-electron chi connectivity index (χ1n) is 14.1. The molecule has 0 fully saturated rings. The number of hydrogen-bond donors (Lipinski definition) is 3. The average molecular weight is 575 g/mol. The maximum absolute atomic E-state index is 13.7. The van der Waals surface area contributed by atoms with Crippen LogP contribution >= 0.6 is 0 Å². The molecule has 0 saturated heterocycles. The number of aryl methyl sites for hydroxylation is 3. The molecule has 2 amide bonds. The molecule has 4 heterocycles. The van der Waals surface area contributed by atoms with Crippen molar-refractivity contribution < 1.29 is 9.59 Å². The maximum atomic E-state index is 13.7. The number of benzene rings is 2. The van der Waals surface area contributed by atoms with E-state index in [1.54, 1.807) is 21.9 Å². The van der Waals surface area contributed by atoms with Gasteiger partial charge in [0.05, 0.1) is 23.4 Å². The summed E-state index contributed by atoms with van der Waals surface area (Å²) in [4.78, 5) is 40.5. The highest BCUT2D eigenvalue weighted by Gasteiger charge is 2.31. The Morgan fingerprint density at radius 3 is 2.63 bits per heavy atom. The van der Waals surface area contributed by atoms with Gasteiger partial charge in [0.15, 0.2) is 5.82 Å². The van der Waals surface area contributed by atoms with Gasteiger partial charge >= 0.3 is 0 Å². The van der Waals surface area contributed by atoms with Crippen LogP contribution in [-0.2, 0) is 18.4 Å². The van der Waals surface area contributed by atoms with E-state index in [1.807, 2.05) is 90.3 Å². The number of amides is 2. The number of para-hydroxylation sites is 1. The summed E-state index contributed by atoms with van der Waals surface area (Å²) in [6.07, 6.45) is 7.02. The van der Waals surface area contributed by atoms with Gasteiger partial charge < -0.3 is 20.5 Å². The molecule has 0 bridgehead atoms. The lowest BCUT2D eigenvalue weighted by Crippen LogP contribution is -2.39. The molecule has 0 spiro atoms. The fourth-order valence-electron chi connectivity index (χ4n) is 5.35. The first kappa shape index (κ1) is 27.9. The van der Waals surface area contributed by atoms with Gasteiger partial charge in [0.25, 0.3) is 5.91 Å². The van der Waals surface area contributed by atoms with Gasteiger partial charge in [-0.3, -0.25) is 14.3 Å². The summed E-state index contributed by atoms with van der Waals surface area (Å²) in [6.45, 7) is 10.2. The van der Waals surface area contributed by atoms with Crippen LogP contribution < -0.4 is 15.5 Å². The van der Waals surface area contributed by atoms with Gasteiger partial charge in [0, 0.05) is 59.3 Å². The molecule has 1 aliphatic heterocycles. The Morgan fingerprint density at radius 2 is 1.88 bits per heavy atom. The number of aromatic nitrogens is 5. The van der Waals surface area contributed by atoms with Crippen molar-refractivity contribution in [2.24, 2.45) is 7.05 Å². The fraction of sp³-hybridized carbons (Fsp3) is 0.242. The summed E-state index contributed by atoms with van der Waals surface area (Å²) in [5.74, 6) is 0.866. The van der Waals surface area contributed by atoms with Crippen LogP contribution in [0.15, 0.2) is 60.9 Å². The van der Waals surface area contributed by atoms with Crippen molar-refractivity contribution in [1.82, 2.24) is 30.0 Å². The minimum atomic E-state index is -0.332. The summed E-state index contributed by atoms with van der Waals surface area (Å²) in [7, 11) is 1.89. The summed E-state index contributed by atoms with van der Waals surface area (Å²) >= 11 is 0. The van der Waals surface area contributed by atoms with Gasteiger partial charge in [-0.1, -0.05) is 24.3 Å². The number of fused-ring (bicyclic) bond motifs is 2. The number of H-pyrrole nitrogens is 1. The molecule has 3 aromatic heterocycles. The van der Waals surface area contributed by atoms with Crippen molar-refractivity contribution in [3.05, 3.63) is 88.9 Å². The lowest BCUT2D eigenvalue weighted by Gasteiger charge is -2.19. The van der Waals surface area contributed by atoms with Crippen LogP contribution in [0.1, 0.15) is 53.5 Å². The third kappa shape index (κ3) is 5.39. The van der Waals surface area contributed by atoms with Crippen LogP contribution in [0, 0.1) is 13.8 Å². The zero-order valence-corrected chi connectivity index (χ0v) is 25.1. The van der Waals surface area contributed by atoms with Crippen molar-refractivity contribution >= 4 is 46.2 Å². The van der Waals surface area contributed by atoms with Crippen molar-refractivity contribution in [2.75, 3.05) is 10.2 Å². The lowest BCUT2D eigenvalue weighted by atomic mass is 10.0. The van der Waals surface area contributed by atoms with Gasteiger partial charge in [-0.2, -0.15) is 5.10 Å². The molecule has 3 N–H and O–H groups in total. The highest BCUT2D eigenvalue weighted by atomic mass is 16.2. The van der Waals surface area contributed by atoms with Crippen LogP contribution in [0.4, 0.5) is 17.5 Å². The topological polar surface area (TPSA) is 121 Å². The van der Waals surface area contributed by atoms with Gasteiger partial charge in [-0.05, 0) is 69.5 Å². The molecule has 0 atom stereocenters. The second kappa shape index (κ2) is 10.5. The lowest BCUT2D eigenvalue weighted by molar-refractivity contribution is -0.117. The molecule has 10 heteroatoms. The predicted octanol–water partition coefficient (Wildman–Crippen LogP) is 5.81. The molecule has 0 unspecified atom stereocenters. The van der Waals surface area contributed by atoms with Crippen LogP contribution in [0.3, 0.4) is 0 Å². The van der Waals surface area contributed by atoms with E-state index < -0.39 is 0 Å². The number of aromatic amines is 1. The van der Waals surface area contributed by atoms with Crippen LogP contribution in [0.2, 0.25) is 0 Å². The molecule has 0 aliphatic carbocycles. The minimum absolute atomic E-state index is 0.0802. The molecular weight excluding hydrogens is 540 g/mol. The molecule has 10 nitrogen and oxygen atoms in total. The Bertz CT molecular complexity index is 1910. The van der Waals surface area contributed by atoms with Gasteiger partial charge in [-0.25, -0.2) is 9.97 Å². The summed E-state index contributed by atoms with van der Waals surface area (Å²) in [5.41, 5.74) is 7.29. The average Bonchev–Trinajstić information content (AvgIpc) is 3.62. The number of nitrogens with zero attached hydrogens (tertiary/aromatic N) is 5. The molecule has 1 aliphatic rings. The summed E-state index contributed by atoms with van der Waals surface area (Å²) in [6, 6.07) is 13.5. The number of rotatable bonds is 6. The van der Waals surface area contributed by atoms with Crippen LogP contribution in [-0.4, -0.2) is 42.1 Å². The molecule has 5 aromatic rings. The van der Waals surface area contributed by atoms with E-state index in [0.29, 0.717) is 23.9 Å². The van der Waals surface area contributed by atoms with E-state index >= 15 is 0 Å². The zero-order chi connectivity index (χ0) is 30.5. The van der Waals surface area contributed by atoms with E-state index in [4.69, 9.17) is 4.98 Å².